The summed E-state index contributed by atoms with van der Waals surface area (Å²) in [6.07, 6.45) is 0.821. The number of piperazine rings is 1. The monoisotopic (exact) mass is 263 g/mol. The van der Waals surface area contributed by atoms with E-state index in [-0.39, 0.29) is 0 Å². The van der Waals surface area contributed by atoms with E-state index >= 15 is 0 Å². The number of halogens is 1. The average Bonchev–Trinajstić information content (AvgIpc) is 2.77. The first-order valence-electron chi connectivity index (χ1n) is 7.09. The summed E-state index contributed by atoms with van der Waals surface area (Å²) in [7, 11) is 2.18. The molecule has 2 aliphatic heterocycles. The Balaban J connectivity index is 1.85. The molecule has 1 fully saturated rings. The topological polar surface area (TPSA) is 9.72 Å². The van der Waals surface area contributed by atoms with Gasteiger partial charge in [-0.1, -0.05) is 10.5 Å². The van der Waals surface area contributed by atoms with E-state index in [0.717, 1.165) is 41.6 Å². The van der Waals surface area contributed by atoms with Crippen molar-refractivity contribution in [3.05, 3.63) is 23.8 Å². The third kappa shape index (κ3) is 2.18. The molecular formula is C15H22FN3. The van der Waals surface area contributed by atoms with Gasteiger partial charge >= 0.3 is 0 Å². The highest BCUT2D eigenvalue weighted by molar-refractivity contribution is 5.65. The SMILES string of the molecule is CC1CN(c2ccc3c(c2)N(F)CC3)CC(C)N1C. The maximum absolute atomic E-state index is 13.7. The Bertz CT molecular complexity index is 464. The predicted octanol–water partition coefficient (Wildman–Crippen LogP) is 2.46. The third-order valence-electron chi connectivity index (χ3n) is 4.63. The molecule has 104 valence electrons. The smallest absolute Gasteiger partial charge is 0.0741 e. The molecule has 0 amide bonds. The van der Waals surface area contributed by atoms with Gasteiger partial charge in [0.05, 0.1) is 12.2 Å². The molecule has 2 heterocycles. The van der Waals surface area contributed by atoms with Crippen molar-refractivity contribution in [2.75, 3.05) is 36.7 Å². The highest BCUT2D eigenvalue weighted by Gasteiger charge is 2.28. The van der Waals surface area contributed by atoms with Gasteiger partial charge < -0.3 is 4.90 Å². The van der Waals surface area contributed by atoms with E-state index in [2.05, 4.69) is 42.8 Å². The summed E-state index contributed by atoms with van der Waals surface area (Å²) < 4.78 is 13.7. The van der Waals surface area contributed by atoms with Crippen LogP contribution in [-0.2, 0) is 6.42 Å². The van der Waals surface area contributed by atoms with E-state index in [1.165, 1.54) is 0 Å². The van der Waals surface area contributed by atoms with Gasteiger partial charge in [-0.2, -0.15) is 0 Å². The number of hydrogen-bond acceptors (Lipinski definition) is 3. The molecule has 0 radical (unpaired) electrons. The number of likely N-dealkylation sites (N-methyl/N-ethyl adjacent to an activating group) is 1. The number of anilines is 2. The minimum absolute atomic E-state index is 0.494. The zero-order chi connectivity index (χ0) is 13.6. The molecule has 0 aliphatic carbocycles. The standard InChI is InChI=1S/C15H22FN3/c1-11-9-18(10-12(2)17(11)3)14-5-4-13-6-7-19(16)15(13)8-14/h4-5,8,11-12H,6-7,9-10H2,1-3H3. The Labute approximate surface area is 114 Å². The van der Waals surface area contributed by atoms with Crippen LogP contribution in [0.2, 0.25) is 0 Å². The second kappa shape index (κ2) is 4.67. The summed E-state index contributed by atoms with van der Waals surface area (Å²) in [6, 6.07) is 7.28. The van der Waals surface area contributed by atoms with Gasteiger partial charge in [-0.15, -0.1) is 0 Å². The lowest BCUT2D eigenvalue weighted by Gasteiger charge is -2.43. The molecule has 0 aromatic heterocycles. The molecule has 4 heteroatoms. The van der Waals surface area contributed by atoms with E-state index in [1.807, 2.05) is 6.07 Å². The molecule has 0 saturated carbocycles. The Morgan fingerprint density at radius 1 is 1.16 bits per heavy atom. The maximum Gasteiger partial charge on any atom is 0.0741 e. The largest absolute Gasteiger partial charge is 0.368 e. The maximum atomic E-state index is 13.7. The van der Waals surface area contributed by atoms with Crippen molar-refractivity contribution in [2.24, 2.45) is 0 Å². The number of fused-ring (bicyclic) bond motifs is 1. The molecule has 2 aliphatic rings. The number of rotatable bonds is 1. The van der Waals surface area contributed by atoms with Gasteiger partial charge in [0, 0.05) is 30.9 Å². The number of benzene rings is 1. The van der Waals surface area contributed by atoms with Crippen LogP contribution in [0.4, 0.5) is 15.9 Å². The Hall–Kier alpha value is -1.29. The summed E-state index contributed by atoms with van der Waals surface area (Å²) >= 11 is 0. The number of nitrogens with zero attached hydrogens (tertiary/aromatic N) is 3. The van der Waals surface area contributed by atoms with Gasteiger partial charge in [-0.25, -0.2) is 5.12 Å². The highest BCUT2D eigenvalue weighted by Crippen LogP contribution is 2.33. The second-order valence-electron chi connectivity index (χ2n) is 5.92. The molecule has 2 unspecified atom stereocenters. The summed E-state index contributed by atoms with van der Waals surface area (Å²) in [5, 5.41) is 0.877. The van der Waals surface area contributed by atoms with E-state index < -0.39 is 0 Å². The summed E-state index contributed by atoms with van der Waals surface area (Å²) in [5.41, 5.74) is 3.04. The minimum atomic E-state index is 0.494. The lowest BCUT2D eigenvalue weighted by atomic mass is 10.1. The first-order chi connectivity index (χ1) is 9.06. The van der Waals surface area contributed by atoms with Crippen molar-refractivity contribution >= 4 is 11.4 Å². The molecule has 1 aromatic carbocycles. The fourth-order valence-electron chi connectivity index (χ4n) is 3.14. The van der Waals surface area contributed by atoms with E-state index in [0.29, 0.717) is 18.6 Å². The van der Waals surface area contributed by atoms with Crippen LogP contribution >= 0.6 is 0 Å². The molecule has 19 heavy (non-hydrogen) atoms. The molecular weight excluding hydrogens is 241 g/mol. The van der Waals surface area contributed by atoms with Gasteiger partial charge in [0.1, 0.15) is 0 Å². The van der Waals surface area contributed by atoms with Gasteiger partial charge in [0.15, 0.2) is 0 Å². The van der Waals surface area contributed by atoms with E-state index in [4.69, 9.17) is 0 Å². The molecule has 3 nitrogen and oxygen atoms in total. The second-order valence-corrected chi connectivity index (χ2v) is 5.92. The fraction of sp³-hybridized carbons (Fsp3) is 0.600. The molecule has 2 atom stereocenters. The van der Waals surface area contributed by atoms with Crippen LogP contribution < -0.4 is 10.0 Å². The Morgan fingerprint density at radius 2 is 1.84 bits per heavy atom. The first-order valence-corrected chi connectivity index (χ1v) is 7.09. The quantitative estimate of drug-likeness (QED) is 0.721. The van der Waals surface area contributed by atoms with Crippen LogP contribution in [0.15, 0.2) is 18.2 Å². The summed E-state index contributed by atoms with van der Waals surface area (Å²) in [6.45, 7) is 7.00. The zero-order valence-electron chi connectivity index (χ0n) is 11.9. The van der Waals surface area contributed by atoms with E-state index in [9.17, 15) is 4.48 Å². The predicted molar refractivity (Wildman–Crippen MR) is 77.5 cm³/mol. The molecule has 1 aromatic rings. The van der Waals surface area contributed by atoms with E-state index in [1.54, 1.807) is 0 Å². The van der Waals surface area contributed by atoms with Crippen LogP contribution in [-0.4, -0.2) is 43.7 Å². The van der Waals surface area contributed by atoms with Gasteiger partial charge in [-0.3, -0.25) is 4.90 Å². The molecule has 0 spiro atoms. The molecule has 3 rings (SSSR count). The summed E-state index contributed by atoms with van der Waals surface area (Å²) in [4.78, 5) is 4.78. The van der Waals surface area contributed by atoms with Crippen LogP contribution in [0.25, 0.3) is 0 Å². The zero-order valence-corrected chi connectivity index (χ0v) is 11.9. The van der Waals surface area contributed by atoms with Gasteiger partial charge in [-0.05, 0) is 45.0 Å². The summed E-state index contributed by atoms with van der Waals surface area (Å²) in [5.74, 6) is 0. The van der Waals surface area contributed by atoms with Crippen molar-refractivity contribution in [3.8, 4) is 0 Å². The van der Waals surface area contributed by atoms with Crippen LogP contribution in [0.3, 0.4) is 0 Å². The van der Waals surface area contributed by atoms with Crippen molar-refractivity contribution < 1.29 is 4.48 Å². The Kier molecular flexibility index (Phi) is 3.13. The van der Waals surface area contributed by atoms with Crippen molar-refractivity contribution in [1.29, 1.82) is 0 Å². The van der Waals surface area contributed by atoms with Crippen molar-refractivity contribution in [1.82, 2.24) is 4.90 Å². The lowest BCUT2D eigenvalue weighted by molar-refractivity contribution is 0.170. The third-order valence-corrected chi connectivity index (χ3v) is 4.63. The molecule has 0 N–H and O–H groups in total. The van der Waals surface area contributed by atoms with Crippen molar-refractivity contribution in [2.45, 2.75) is 32.4 Å². The lowest BCUT2D eigenvalue weighted by Crippen LogP contribution is -2.55. The normalized spacial score (nSPS) is 27.8. The first kappa shape index (κ1) is 12.7. The van der Waals surface area contributed by atoms with Gasteiger partial charge in [0.25, 0.3) is 0 Å². The molecule has 1 saturated heterocycles. The molecule has 0 bridgehead atoms. The number of hydrogen-bond donors (Lipinski definition) is 0. The van der Waals surface area contributed by atoms with Crippen LogP contribution in [0.5, 0.6) is 0 Å². The average molecular weight is 263 g/mol. The van der Waals surface area contributed by atoms with Crippen LogP contribution in [0.1, 0.15) is 19.4 Å². The minimum Gasteiger partial charge on any atom is -0.368 e. The highest BCUT2D eigenvalue weighted by atomic mass is 19.2. The van der Waals surface area contributed by atoms with Crippen molar-refractivity contribution in [3.63, 3.8) is 0 Å². The Morgan fingerprint density at radius 3 is 2.53 bits per heavy atom. The van der Waals surface area contributed by atoms with Crippen LogP contribution in [0, 0.1) is 0 Å². The fourth-order valence-corrected chi connectivity index (χ4v) is 3.14. The van der Waals surface area contributed by atoms with Gasteiger partial charge in [0.2, 0.25) is 0 Å².